The van der Waals surface area contributed by atoms with Gasteiger partial charge in [-0.1, -0.05) is 48.0 Å². The van der Waals surface area contributed by atoms with Gasteiger partial charge < -0.3 is 20.4 Å². The van der Waals surface area contributed by atoms with Gasteiger partial charge in [0.15, 0.2) is 5.11 Å². The molecule has 0 bridgehead atoms. The predicted molar refractivity (Wildman–Crippen MR) is 122 cm³/mol. The summed E-state index contributed by atoms with van der Waals surface area (Å²) >= 11 is 11.9. The van der Waals surface area contributed by atoms with Crippen molar-refractivity contribution in [3.63, 3.8) is 0 Å². The van der Waals surface area contributed by atoms with Crippen LogP contribution in [-0.2, 0) is 0 Å². The minimum absolute atomic E-state index is 0.204. The smallest absolute Gasteiger partial charge is 0.171 e. The maximum Gasteiger partial charge on any atom is 0.171 e. The highest BCUT2D eigenvalue weighted by molar-refractivity contribution is 7.80. The SMILES string of the molecule is Cc1c(Cl)cccc1NC(=S)N[C@@H](C)[C@H](c1ccccc1)[NH+]1CC[NH+](C)CC1. The summed E-state index contributed by atoms with van der Waals surface area (Å²) in [5, 5.41) is 8.23. The van der Waals surface area contributed by atoms with Crippen molar-refractivity contribution in [2.24, 2.45) is 0 Å². The number of quaternary nitrogens is 2. The standard InChI is InChI=1S/C22H29ClN4S/c1-16-19(23)10-7-11-20(16)25-22(28)24-17(2)21(18-8-5-4-6-9-18)27-14-12-26(3)13-15-27/h4-11,17,21H,12-15H2,1-3H3,(H2,24,25,28)/p+2/t17-,21+/m0/s1. The Morgan fingerprint density at radius 1 is 1.04 bits per heavy atom. The van der Waals surface area contributed by atoms with E-state index in [0.717, 1.165) is 16.3 Å². The molecule has 0 aliphatic carbocycles. The Labute approximate surface area is 178 Å². The van der Waals surface area contributed by atoms with Crippen molar-refractivity contribution in [2.45, 2.75) is 25.9 Å². The Morgan fingerprint density at radius 3 is 2.39 bits per heavy atom. The zero-order valence-corrected chi connectivity index (χ0v) is 18.5. The van der Waals surface area contributed by atoms with Crippen LogP contribution in [0.25, 0.3) is 0 Å². The highest BCUT2D eigenvalue weighted by Crippen LogP contribution is 2.23. The van der Waals surface area contributed by atoms with E-state index in [1.807, 2.05) is 25.1 Å². The van der Waals surface area contributed by atoms with E-state index >= 15 is 0 Å². The fraction of sp³-hybridized carbons (Fsp3) is 0.409. The molecular formula is C22H31ClN4S+2. The highest BCUT2D eigenvalue weighted by Gasteiger charge is 2.33. The molecule has 150 valence electrons. The second kappa shape index (κ2) is 9.70. The van der Waals surface area contributed by atoms with Crippen LogP contribution in [0.4, 0.5) is 5.69 Å². The Hall–Kier alpha value is -1.66. The van der Waals surface area contributed by atoms with Gasteiger partial charge in [0.1, 0.15) is 32.2 Å². The lowest BCUT2D eigenvalue weighted by Gasteiger charge is -2.37. The summed E-state index contributed by atoms with van der Waals surface area (Å²) in [6.45, 7) is 8.98. The lowest BCUT2D eigenvalue weighted by molar-refractivity contribution is -1.02. The molecule has 28 heavy (non-hydrogen) atoms. The van der Waals surface area contributed by atoms with Crippen LogP contribution in [0.3, 0.4) is 0 Å². The Bertz CT molecular complexity index is 790. The van der Waals surface area contributed by atoms with Gasteiger partial charge in [0.05, 0.1) is 13.1 Å². The van der Waals surface area contributed by atoms with E-state index in [0.29, 0.717) is 11.2 Å². The van der Waals surface area contributed by atoms with Crippen LogP contribution in [0.5, 0.6) is 0 Å². The van der Waals surface area contributed by atoms with E-state index in [-0.39, 0.29) is 6.04 Å². The summed E-state index contributed by atoms with van der Waals surface area (Å²) in [5.41, 5.74) is 3.32. The molecule has 1 saturated heterocycles. The number of benzene rings is 2. The minimum atomic E-state index is 0.204. The second-order valence-electron chi connectivity index (χ2n) is 7.80. The lowest BCUT2D eigenvalue weighted by atomic mass is 9.98. The number of likely N-dealkylation sites (N-methyl/N-ethyl adjacent to an activating group) is 1. The van der Waals surface area contributed by atoms with Gasteiger partial charge in [-0.25, -0.2) is 0 Å². The monoisotopic (exact) mass is 418 g/mol. The summed E-state index contributed by atoms with van der Waals surface area (Å²) in [7, 11) is 2.28. The average molecular weight is 419 g/mol. The van der Waals surface area contributed by atoms with Crippen LogP contribution >= 0.6 is 23.8 Å². The highest BCUT2D eigenvalue weighted by atomic mass is 35.5. The van der Waals surface area contributed by atoms with Gasteiger partial charge in [-0.3, -0.25) is 0 Å². The lowest BCUT2D eigenvalue weighted by Crippen LogP contribution is -3.27. The first-order chi connectivity index (χ1) is 13.5. The quantitative estimate of drug-likeness (QED) is 0.555. The van der Waals surface area contributed by atoms with Gasteiger partial charge >= 0.3 is 0 Å². The van der Waals surface area contributed by atoms with Crippen molar-refractivity contribution >= 4 is 34.6 Å². The molecule has 0 saturated carbocycles. The Balaban J connectivity index is 1.72. The number of anilines is 1. The molecule has 4 nitrogen and oxygen atoms in total. The average Bonchev–Trinajstić information content (AvgIpc) is 2.68. The molecule has 1 aliphatic rings. The number of hydrogen-bond donors (Lipinski definition) is 4. The van der Waals surface area contributed by atoms with E-state index in [4.69, 9.17) is 23.8 Å². The zero-order chi connectivity index (χ0) is 20.1. The molecule has 3 rings (SSSR count). The van der Waals surface area contributed by atoms with Gasteiger partial charge in [0, 0.05) is 16.3 Å². The van der Waals surface area contributed by atoms with Crippen LogP contribution < -0.4 is 20.4 Å². The number of halogens is 1. The number of rotatable bonds is 5. The largest absolute Gasteiger partial charge is 0.354 e. The van der Waals surface area contributed by atoms with E-state index in [9.17, 15) is 0 Å². The molecule has 0 aromatic heterocycles. The molecule has 2 aromatic carbocycles. The molecule has 1 aliphatic heterocycles. The molecule has 6 heteroatoms. The van der Waals surface area contributed by atoms with E-state index in [1.165, 1.54) is 31.7 Å². The first-order valence-corrected chi connectivity index (χ1v) is 10.8. The summed E-state index contributed by atoms with van der Waals surface area (Å²) in [6, 6.07) is 17.2. The molecule has 1 fully saturated rings. The summed E-state index contributed by atoms with van der Waals surface area (Å²) < 4.78 is 0. The van der Waals surface area contributed by atoms with Crippen molar-refractivity contribution in [1.82, 2.24) is 5.32 Å². The maximum atomic E-state index is 6.24. The van der Waals surface area contributed by atoms with Crippen LogP contribution in [0.2, 0.25) is 5.02 Å². The first kappa shape index (κ1) is 21.1. The minimum Gasteiger partial charge on any atom is -0.354 e. The molecule has 1 heterocycles. The van der Waals surface area contributed by atoms with Crippen molar-refractivity contribution in [1.29, 1.82) is 0 Å². The van der Waals surface area contributed by atoms with Crippen molar-refractivity contribution in [3.05, 3.63) is 64.7 Å². The van der Waals surface area contributed by atoms with Crippen LogP contribution in [0, 0.1) is 6.92 Å². The normalized spacial score (nSPS) is 21.6. The molecule has 2 atom stereocenters. The Kier molecular flexibility index (Phi) is 7.30. The molecule has 0 amide bonds. The third kappa shape index (κ3) is 5.23. The number of nitrogens with one attached hydrogen (secondary N) is 4. The molecule has 0 unspecified atom stereocenters. The molecule has 0 radical (unpaired) electrons. The van der Waals surface area contributed by atoms with E-state index in [2.05, 4.69) is 54.9 Å². The van der Waals surface area contributed by atoms with Crippen LogP contribution in [0.15, 0.2) is 48.5 Å². The topological polar surface area (TPSA) is 32.9 Å². The third-order valence-electron chi connectivity index (χ3n) is 5.72. The van der Waals surface area contributed by atoms with Crippen molar-refractivity contribution in [3.8, 4) is 0 Å². The van der Waals surface area contributed by atoms with Gasteiger partial charge in [-0.15, -0.1) is 0 Å². The van der Waals surface area contributed by atoms with Gasteiger partial charge in [0.2, 0.25) is 0 Å². The Morgan fingerprint density at radius 2 is 1.71 bits per heavy atom. The number of hydrogen-bond acceptors (Lipinski definition) is 1. The molecule has 0 spiro atoms. The first-order valence-electron chi connectivity index (χ1n) is 9.99. The molecule has 2 aromatic rings. The van der Waals surface area contributed by atoms with E-state index in [1.54, 1.807) is 9.80 Å². The zero-order valence-electron chi connectivity index (χ0n) is 16.9. The number of thiocarbonyl (C=S) groups is 1. The molecule has 4 N–H and O–H groups in total. The van der Waals surface area contributed by atoms with Crippen LogP contribution in [0.1, 0.15) is 24.1 Å². The van der Waals surface area contributed by atoms with Gasteiger partial charge in [-0.2, -0.15) is 0 Å². The maximum absolute atomic E-state index is 6.24. The fourth-order valence-electron chi connectivity index (χ4n) is 4.04. The van der Waals surface area contributed by atoms with Crippen LogP contribution in [-0.4, -0.2) is 44.4 Å². The second-order valence-corrected chi connectivity index (χ2v) is 8.62. The summed E-state index contributed by atoms with van der Waals surface area (Å²) in [6.07, 6.45) is 0. The molecular weight excluding hydrogens is 388 g/mol. The fourth-order valence-corrected chi connectivity index (χ4v) is 4.51. The van der Waals surface area contributed by atoms with Crippen molar-refractivity contribution in [2.75, 3.05) is 38.5 Å². The summed E-state index contributed by atoms with van der Waals surface area (Å²) in [4.78, 5) is 3.24. The van der Waals surface area contributed by atoms with Gasteiger partial charge in [-0.05, 0) is 43.8 Å². The van der Waals surface area contributed by atoms with E-state index < -0.39 is 0 Å². The van der Waals surface area contributed by atoms with Crippen molar-refractivity contribution < 1.29 is 9.80 Å². The predicted octanol–water partition coefficient (Wildman–Crippen LogP) is 1.48. The third-order valence-corrected chi connectivity index (χ3v) is 6.35. The number of piperazine rings is 1. The van der Waals surface area contributed by atoms with Gasteiger partial charge in [0.25, 0.3) is 0 Å². The summed E-state index contributed by atoms with van der Waals surface area (Å²) in [5.74, 6) is 0.